The quantitative estimate of drug-likeness (QED) is 0.905. The summed E-state index contributed by atoms with van der Waals surface area (Å²) in [6, 6.07) is 6.71. The molecule has 0 radical (unpaired) electrons. The van der Waals surface area contributed by atoms with Crippen LogP contribution in [0.4, 0.5) is 4.39 Å². The zero-order valence-electron chi connectivity index (χ0n) is 14.0. The highest BCUT2D eigenvalue weighted by Crippen LogP contribution is 2.45. The molecular weight excluding hydrogens is 307 g/mol. The zero-order chi connectivity index (χ0) is 16.6. The van der Waals surface area contributed by atoms with Gasteiger partial charge in [0, 0.05) is 18.7 Å². The maximum absolute atomic E-state index is 14.1. The Hall–Kier alpha value is -1.46. The number of benzene rings is 1. The van der Waals surface area contributed by atoms with E-state index in [9.17, 15) is 9.18 Å². The van der Waals surface area contributed by atoms with E-state index in [-0.39, 0.29) is 23.2 Å². The Morgan fingerprint density at radius 2 is 2.21 bits per heavy atom. The molecule has 4 nitrogen and oxygen atoms in total. The molecule has 1 aromatic carbocycles. The van der Waals surface area contributed by atoms with Gasteiger partial charge in [0.05, 0.1) is 18.6 Å². The lowest BCUT2D eigenvalue weighted by Gasteiger charge is -2.43. The highest BCUT2D eigenvalue weighted by Gasteiger charge is 2.51. The van der Waals surface area contributed by atoms with Crippen molar-refractivity contribution in [2.75, 3.05) is 32.8 Å². The van der Waals surface area contributed by atoms with E-state index in [1.165, 1.54) is 12.5 Å². The van der Waals surface area contributed by atoms with E-state index in [4.69, 9.17) is 4.74 Å². The van der Waals surface area contributed by atoms with Crippen molar-refractivity contribution in [3.8, 4) is 0 Å². The third-order valence-corrected chi connectivity index (χ3v) is 6.07. The molecule has 1 N–H and O–H groups in total. The lowest BCUT2D eigenvalue weighted by molar-refractivity contribution is -0.153. The van der Waals surface area contributed by atoms with Crippen LogP contribution in [0.5, 0.6) is 0 Å². The van der Waals surface area contributed by atoms with Gasteiger partial charge < -0.3 is 15.0 Å². The first-order valence-corrected chi connectivity index (χ1v) is 9.07. The number of carbonyl (C=O) groups excluding carboxylic acids is 1. The van der Waals surface area contributed by atoms with E-state index < -0.39 is 0 Å². The van der Waals surface area contributed by atoms with Gasteiger partial charge in [0.1, 0.15) is 11.9 Å². The predicted octanol–water partition coefficient (Wildman–Crippen LogP) is 2.51. The van der Waals surface area contributed by atoms with Gasteiger partial charge in [0.25, 0.3) is 0 Å². The van der Waals surface area contributed by atoms with Crippen LogP contribution in [0.3, 0.4) is 0 Å². The molecule has 0 bridgehead atoms. The maximum Gasteiger partial charge on any atom is 0.230 e. The Morgan fingerprint density at radius 1 is 1.33 bits per heavy atom. The van der Waals surface area contributed by atoms with Crippen LogP contribution in [0.25, 0.3) is 0 Å². The summed E-state index contributed by atoms with van der Waals surface area (Å²) in [6.45, 7) is 3.27. The standard InChI is InChI=1S/C19H25FN2O2/c20-16-7-2-1-6-15(16)17-12-22(9-10-24-17)18(23)19-8-4-3-5-14(19)11-21-13-19/h1-2,6-7,14,17,21H,3-5,8-13H2/t14-,17?,19+/m0/s1. The van der Waals surface area contributed by atoms with Gasteiger partial charge in [0.15, 0.2) is 0 Å². The summed E-state index contributed by atoms with van der Waals surface area (Å²) >= 11 is 0. The molecule has 3 fully saturated rings. The van der Waals surface area contributed by atoms with E-state index in [0.717, 1.165) is 32.4 Å². The second kappa shape index (κ2) is 6.45. The summed E-state index contributed by atoms with van der Waals surface area (Å²) in [5, 5.41) is 3.44. The number of nitrogens with one attached hydrogen (secondary N) is 1. The van der Waals surface area contributed by atoms with Crippen molar-refractivity contribution in [3.63, 3.8) is 0 Å². The summed E-state index contributed by atoms with van der Waals surface area (Å²) in [6.07, 6.45) is 4.11. The fourth-order valence-corrected chi connectivity index (χ4v) is 4.74. The monoisotopic (exact) mass is 332 g/mol. The molecule has 1 saturated carbocycles. The summed E-state index contributed by atoms with van der Waals surface area (Å²) in [5.74, 6) is 0.448. The van der Waals surface area contributed by atoms with Crippen LogP contribution in [0.2, 0.25) is 0 Å². The van der Waals surface area contributed by atoms with Crippen LogP contribution in [0, 0.1) is 17.2 Å². The molecule has 2 aliphatic heterocycles. The Kier molecular flexibility index (Phi) is 4.31. The topological polar surface area (TPSA) is 41.6 Å². The van der Waals surface area contributed by atoms with Crippen molar-refractivity contribution in [1.29, 1.82) is 0 Å². The number of hydrogen-bond donors (Lipinski definition) is 1. The third-order valence-electron chi connectivity index (χ3n) is 6.07. The van der Waals surface area contributed by atoms with Crippen molar-refractivity contribution in [2.45, 2.75) is 31.8 Å². The first-order valence-electron chi connectivity index (χ1n) is 9.07. The third kappa shape index (κ3) is 2.64. The van der Waals surface area contributed by atoms with Crippen molar-refractivity contribution >= 4 is 5.91 Å². The van der Waals surface area contributed by atoms with Crippen molar-refractivity contribution in [2.24, 2.45) is 11.3 Å². The molecule has 130 valence electrons. The molecule has 1 unspecified atom stereocenters. The number of fused-ring (bicyclic) bond motifs is 1. The number of halogens is 1. The Bertz CT molecular complexity index is 623. The van der Waals surface area contributed by atoms with Crippen molar-refractivity contribution in [3.05, 3.63) is 35.6 Å². The Labute approximate surface area is 142 Å². The Balaban J connectivity index is 1.54. The summed E-state index contributed by atoms with van der Waals surface area (Å²) < 4.78 is 19.8. The van der Waals surface area contributed by atoms with Crippen LogP contribution < -0.4 is 5.32 Å². The van der Waals surface area contributed by atoms with Gasteiger partial charge in [-0.15, -0.1) is 0 Å². The number of morpholine rings is 1. The molecule has 2 heterocycles. The minimum absolute atomic E-state index is 0.241. The molecular formula is C19H25FN2O2. The van der Waals surface area contributed by atoms with Gasteiger partial charge >= 0.3 is 0 Å². The lowest BCUT2D eigenvalue weighted by atomic mass is 9.67. The highest BCUT2D eigenvalue weighted by molar-refractivity contribution is 5.84. The molecule has 3 atom stereocenters. The number of carbonyl (C=O) groups is 1. The van der Waals surface area contributed by atoms with E-state index in [1.807, 2.05) is 11.0 Å². The van der Waals surface area contributed by atoms with Crippen LogP contribution in [-0.4, -0.2) is 43.6 Å². The normalized spacial score (nSPS) is 33.3. The average Bonchev–Trinajstić information content (AvgIpc) is 3.07. The molecule has 0 spiro atoms. The first-order chi connectivity index (χ1) is 11.7. The van der Waals surface area contributed by atoms with Crippen LogP contribution >= 0.6 is 0 Å². The van der Waals surface area contributed by atoms with Crippen LogP contribution in [0.15, 0.2) is 24.3 Å². The second-order valence-electron chi connectivity index (χ2n) is 7.36. The second-order valence-corrected chi connectivity index (χ2v) is 7.36. The number of ether oxygens (including phenoxy) is 1. The maximum atomic E-state index is 14.1. The van der Waals surface area contributed by atoms with E-state index >= 15 is 0 Å². The Morgan fingerprint density at radius 3 is 3.08 bits per heavy atom. The van der Waals surface area contributed by atoms with Crippen LogP contribution in [-0.2, 0) is 9.53 Å². The van der Waals surface area contributed by atoms with Gasteiger partial charge in [-0.25, -0.2) is 4.39 Å². The molecule has 4 rings (SSSR count). The van der Waals surface area contributed by atoms with E-state index in [0.29, 0.717) is 31.2 Å². The number of hydrogen-bond acceptors (Lipinski definition) is 3. The summed E-state index contributed by atoms with van der Waals surface area (Å²) in [4.78, 5) is 15.3. The minimum Gasteiger partial charge on any atom is -0.370 e. The lowest BCUT2D eigenvalue weighted by Crippen LogP contribution is -2.53. The summed E-state index contributed by atoms with van der Waals surface area (Å²) in [7, 11) is 0. The number of amides is 1. The number of nitrogens with zero attached hydrogens (tertiary/aromatic N) is 1. The molecule has 1 aliphatic carbocycles. The van der Waals surface area contributed by atoms with Crippen LogP contribution in [0.1, 0.15) is 37.4 Å². The SMILES string of the molecule is O=C(N1CCOC(c2ccccc2F)C1)[C@@]12CCCC[C@H]1CNC2. The van der Waals surface area contributed by atoms with Gasteiger partial charge in [-0.05, 0) is 31.4 Å². The van der Waals surface area contributed by atoms with E-state index in [2.05, 4.69) is 5.32 Å². The predicted molar refractivity (Wildman–Crippen MR) is 88.9 cm³/mol. The van der Waals surface area contributed by atoms with Gasteiger partial charge in [-0.1, -0.05) is 31.0 Å². The van der Waals surface area contributed by atoms with Gasteiger partial charge in [-0.2, -0.15) is 0 Å². The fraction of sp³-hybridized carbons (Fsp3) is 0.632. The molecule has 5 heteroatoms. The highest BCUT2D eigenvalue weighted by atomic mass is 19.1. The smallest absolute Gasteiger partial charge is 0.230 e. The first kappa shape index (κ1) is 16.0. The molecule has 24 heavy (non-hydrogen) atoms. The number of rotatable bonds is 2. The van der Waals surface area contributed by atoms with Gasteiger partial charge in [-0.3, -0.25) is 4.79 Å². The minimum atomic E-state index is -0.364. The van der Waals surface area contributed by atoms with Crippen molar-refractivity contribution in [1.82, 2.24) is 10.2 Å². The largest absolute Gasteiger partial charge is 0.370 e. The average molecular weight is 332 g/mol. The molecule has 0 aromatic heterocycles. The fourth-order valence-electron chi connectivity index (χ4n) is 4.74. The molecule has 3 aliphatic rings. The molecule has 1 amide bonds. The van der Waals surface area contributed by atoms with Crippen molar-refractivity contribution < 1.29 is 13.9 Å². The molecule has 1 aromatic rings. The van der Waals surface area contributed by atoms with E-state index in [1.54, 1.807) is 12.1 Å². The van der Waals surface area contributed by atoms with Gasteiger partial charge in [0.2, 0.25) is 5.91 Å². The summed E-state index contributed by atoms with van der Waals surface area (Å²) in [5.41, 5.74) is 0.312. The zero-order valence-corrected chi connectivity index (χ0v) is 14.0. The molecule has 2 saturated heterocycles.